The smallest absolute Gasteiger partial charge is 0.253 e. The predicted octanol–water partition coefficient (Wildman–Crippen LogP) is 3.55. The molecule has 6 heteroatoms. The van der Waals surface area contributed by atoms with E-state index < -0.39 is 0 Å². The summed E-state index contributed by atoms with van der Waals surface area (Å²) in [6.07, 6.45) is 2.10. The fraction of sp³-hybridized carbons (Fsp3) is 0.286. The summed E-state index contributed by atoms with van der Waals surface area (Å²) in [5, 5.41) is 2.88. The normalized spacial score (nSPS) is 10.7. The Morgan fingerprint density at radius 2 is 1.74 bits per heavy atom. The van der Waals surface area contributed by atoms with Gasteiger partial charge in [-0.3, -0.25) is 9.59 Å². The van der Waals surface area contributed by atoms with E-state index in [0.29, 0.717) is 37.3 Å². The second kappa shape index (κ2) is 8.49. The summed E-state index contributed by atoms with van der Waals surface area (Å²) in [6, 6.07) is 14.9. The van der Waals surface area contributed by atoms with Crippen molar-refractivity contribution in [2.24, 2.45) is 0 Å². The number of nitrogens with one attached hydrogen (secondary N) is 1. The topological polar surface area (TPSA) is 67.2 Å². The molecule has 27 heavy (non-hydrogen) atoms. The number of nitrogens with zero attached hydrogens (tertiary/aromatic N) is 3. The van der Waals surface area contributed by atoms with Gasteiger partial charge in [0.05, 0.1) is 17.4 Å². The van der Waals surface area contributed by atoms with Crippen molar-refractivity contribution in [1.29, 1.82) is 0 Å². The molecule has 0 radical (unpaired) electrons. The summed E-state index contributed by atoms with van der Waals surface area (Å²) in [7, 11) is 0. The lowest BCUT2D eigenvalue weighted by molar-refractivity contribution is -0.116. The van der Waals surface area contributed by atoms with E-state index in [4.69, 9.17) is 0 Å². The second-order valence-corrected chi connectivity index (χ2v) is 6.28. The van der Waals surface area contributed by atoms with Crippen molar-refractivity contribution in [3.05, 3.63) is 60.4 Å². The number of amides is 2. The van der Waals surface area contributed by atoms with Crippen LogP contribution in [0.5, 0.6) is 0 Å². The number of imidazole rings is 1. The van der Waals surface area contributed by atoms with Crippen LogP contribution in [0.1, 0.15) is 30.6 Å². The second-order valence-electron chi connectivity index (χ2n) is 6.28. The number of aromatic nitrogens is 2. The van der Waals surface area contributed by atoms with Crippen LogP contribution in [0.3, 0.4) is 0 Å². The molecule has 0 fully saturated rings. The van der Waals surface area contributed by atoms with Crippen LogP contribution in [-0.4, -0.2) is 39.4 Å². The molecule has 140 valence electrons. The SMILES string of the molecule is CCN(CC)C(=O)c1ccc(NC(=O)CCn2cnc3ccccc32)cc1. The van der Waals surface area contributed by atoms with Gasteiger partial charge in [-0.2, -0.15) is 0 Å². The van der Waals surface area contributed by atoms with Gasteiger partial charge in [0.25, 0.3) is 5.91 Å². The molecule has 2 amide bonds. The van der Waals surface area contributed by atoms with Crippen LogP contribution in [0.25, 0.3) is 11.0 Å². The Bertz CT molecular complexity index is 927. The molecule has 0 unspecified atom stereocenters. The lowest BCUT2D eigenvalue weighted by atomic mass is 10.1. The lowest BCUT2D eigenvalue weighted by Gasteiger charge is -2.18. The van der Waals surface area contributed by atoms with Crippen molar-refractivity contribution in [1.82, 2.24) is 14.5 Å². The van der Waals surface area contributed by atoms with E-state index in [-0.39, 0.29) is 11.8 Å². The number of hydrogen-bond donors (Lipinski definition) is 1. The van der Waals surface area contributed by atoms with Crippen molar-refractivity contribution in [3.63, 3.8) is 0 Å². The van der Waals surface area contributed by atoms with E-state index in [1.54, 1.807) is 35.5 Å². The molecule has 0 atom stereocenters. The first-order valence-corrected chi connectivity index (χ1v) is 9.21. The molecule has 1 aromatic heterocycles. The maximum atomic E-state index is 12.3. The minimum Gasteiger partial charge on any atom is -0.339 e. The van der Waals surface area contributed by atoms with Crippen LogP contribution in [-0.2, 0) is 11.3 Å². The Labute approximate surface area is 158 Å². The first-order chi connectivity index (χ1) is 13.1. The van der Waals surface area contributed by atoms with Gasteiger partial charge in [0, 0.05) is 37.3 Å². The van der Waals surface area contributed by atoms with E-state index >= 15 is 0 Å². The van der Waals surface area contributed by atoms with Gasteiger partial charge >= 0.3 is 0 Å². The third-order valence-corrected chi connectivity index (χ3v) is 4.57. The van der Waals surface area contributed by atoms with Crippen LogP contribution in [0, 0.1) is 0 Å². The molecule has 0 saturated carbocycles. The molecule has 1 heterocycles. The van der Waals surface area contributed by atoms with Gasteiger partial charge in [0.15, 0.2) is 0 Å². The van der Waals surface area contributed by atoms with Gasteiger partial charge in [0.1, 0.15) is 0 Å². The Hall–Kier alpha value is -3.15. The van der Waals surface area contributed by atoms with Crippen LogP contribution >= 0.6 is 0 Å². The zero-order chi connectivity index (χ0) is 19.2. The average molecular weight is 364 g/mol. The summed E-state index contributed by atoms with van der Waals surface area (Å²) in [4.78, 5) is 30.7. The highest BCUT2D eigenvalue weighted by atomic mass is 16.2. The van der Waals surface area contributed by atoms with E-state index in [1.807, 2.05) is 42.7 Å². The summed E-state index contributed by atoms with van der Waals surface area (Å²) in [6.45, 7) is 5.83. The van der Waals surface area contributed by atoms with Crippen molar-refractivity contribution >= 4 is 28.5 Å². The highest BCUT2D eigenvalue weighted by molar-refractivity contribution is 5.95. The minimum atomic E-state index is -0.0735. The largest absolute Gasteiger partial charge is 0.339 e. The number of benzene rings is 2. The Morgan fingerprint density at radius 1 is 1.04 bits per heavy atom. The summed E-state index contributed by atoms with van der Waals surface area (Å²) >= 11 is 0. The maximum Gasteiger partial charge on any atom is 0.253 e. The van der Waals surface area contributed by atoms with E-state index in [1.165, 1.54) is 0 Å². The van der Waals surface area contributed by atoms with Crippen LogP contribution in [0.15, 0.2) is 54.9 Å². The van der Waals surface area contributed by atoms with Gasteiger partial charge in [-0.05, 0) is 50.2 Å². The van der Waals surface area contributed by atoms with Crippen molar-refractivity contribution in [3.8, 4) is 0 Å². The van der Waals surface area contributed by atoms with Gasteiger partial charge in [-0.15, -0.1) is 0 Å². The van der Waals surface area contributed by atoms with Crippen LogP contribution in [0.2, 0.25) is 0 Å². The van der Waals surface area contributed by atoms with Gasteiger partial charge in [-0.1, -0.05) is 12.1 Å². The third-order valence-electron chi connectivity index (χ3n) is 4.57. The number of rotatable bonds is 7. The van der Waals surface area contributed by atoms with Crippen LogP contribution < -0.4 is 5.32 Å². The Balaban J connectivity index is 1.57. The minimum absolute atomic E-state index is 0.00450. The lowest BCUT2D eigenvalue weighted by Crippen LogP contribution is -2.30. The molecular weight excluding hydrogens is 340 g/mol. The Morgan fingerprint density at radius 3 is 2.44 bits per heavy atom. The van der Waals surface area contributed by atoms with E-state index in [2.05, 4.69) is 10.3 Å². The average Bonchev–Trinajstić information content (AvgIpc) is 3.11. The fourth-order valence-corrected chi connectivity index (χ4v) is 3.02. The fourth-order valence-electron chi connectivity index (χ4n) is 3.02. The molecule has 2 aromatic carbocycles. The highest BCUT2D eigenvalue weighted by Gasteiger charge is 2.12. The van der Waals surface area contributed by atoms with Crippen molar-refractivity contribution in [2.45, 2.75) is 26.8 Å². The van der Waals surface area contributed by atoms with Crippen LogP contribution in [0.4, 0.5) is 5.69 Å². The number of carbonyl (C=O) groups is 2. The standard InChI is InChI=1S/C21H24N4O2/c1-3-24(4-2)21(27)16-9-11-17(12-10-16)23-20(26)13-14-25-15-22-18-7-5-6-8-19(18)25/h5-12,15H,3-4,13-14H2,1-2H3,(H,23,26). The molecule has 3 rings (SSSR count). The number of hydrogen-bond acceptors (Lipinski definition) is 3. The summed E-state index contributed by atoms with van der Waals surface area (Å²) in [5.41, 5.74) is 3.25. The first-order valence-electron chi connectivity index (χ1n) is 9.21. The molecule has 0 saturated heterocycles. The number of carbonyl (C=O) groups excluding carboxylic acids is 2. The van der Waals surface area contributed by atoms with Crippen molar-refractivity contribution < 1.29 is 9.59 Å². The highest BCUT2D eigenvalue weighted by Crippen LogP contribution is 2.14. The molecular formula is C21H24N4O2. The zero-order valence-corrected chi connectivity index (χ0v) is 15.7. The quantitative estimate of drug-likeness (QED) is 0.697. The summed E-state index contributed by atoms with van der Waals surface area (Å²) < 4.78 is 1.97. The van der Waals surface area contributed by atoms with E-state index in [9.17, 15) is 9.59 Å². The van der Waals surface area contributed by atoms with Gasteiger partial charge in [-0.25, -0.2) is 4.98 Å². The van der Waals surface area contributed by atoms with Gasteiger partial charge < -0.3 is 14.8 Å². The maximum absolute atomic E-state index is 12.3. The number of aryl methyl sites for hydroxylation is 1. The number of fused-ring (bicyclic) bond motifs is 1. The molecule has 0 bridgehead atoms. The molecule has 0 spiro atoms. The summed E-state index contributed by atoms with van der Waals surface area (Å²) in [5.74, 6) is -0.0690. The molecule has 3 aromatic rings. The molecule has 1 N–H and O–H groups in total. The number of para-hydroxylation sites is 2. The molecule has 0 aliphatic carbocycles. The molecule has 0 aliphatic rings. The van der Waals surface area contributed by atoms with Gasteiger partial charge in [0.2, 0.25) is 5.91 Å². The van der Waals surface area contributed by atoms with E-state index in [0.717, 1.165) is 11.0 Å². The van der Waals surface area contributed by atoms with Crippen molar-refractivity contribution in [2.75, 3.05) is 18.4 Å². The molecule has 6 nitrogen and oxygen atoms in total. The Kier molecular flexibility index (Phi) is 5.86. The molecule has 0 aliphatic heterocycles. The third kappa shape index (κ3) is 4.34. The first kappa shape index (κ1) is 18.6. The zero-order valence-electron chi connectivity index (χ0n) is 15.7. The predicted molar refractivity (Wildman–Crippen MR) is 107 cm³/mol. The number of anilines is 1. The monoisotopic (exact) mass is 364 g/mol.